The summed E-state index contributed by atoms with van der Waals surface area (Å²) in [6.07, 6.45) is 1.52. The Morgan fingerprint density at radius 3 is 2.40 bits per heavy atom. The lowest BCUT2D eigenvalue weighted by atomic mass is 10.1. The molecule has 0 radical (unpaired) electrons. The second-order valence-corrected chi connectivity index (χ2v) is 4.22. The number of ketones is 1. The van der Waals surface area contributed by atoms with Crippen LogP contribution in [-0.4, -0.2) is 16.3 Å². The summed E-state index contributed by atoms with van der Waals surface area (Å²) in [4.78, 5) is 34.3. The topological polar surface area (TPSA) is 65.4 Å². The van der Waals surface area contributed by atoms with Gasteiger partial charge in [0.05, 0.1) is 0 Å². The largest absolute Gasteiger partial charge is 0.425 e. The van der Waals surface area contributed by atoms with E-state index in [2.05, 4.69) is 0 Å². The molecule has 5 nitrogen and oxygen atoms in total. The van der Waals surface area contributed by atoms with E-state index in [9.17, 15) is 14.4 Å². The Bertz CT molecular complexity index is 686. The molecule has 20 heavy (non-hydrogen) atoms. The SMILES string of the molecule is CC(=O)c1ccc(OC(=O)Cn2ccccc2=O)cc1. The van der Waals surface area contributed by atoms with Gasteiger partial charge in [-0.25, -0.2) is 4.79 Å². The number of benzene rings is 1. The highest BCUT2D eigenvalue weighted by Crippen LogP contribution is 2.12. The third-order valence-corrected chi connectivity index (χ3v) is 2.69. The van der Waals surface area contributed by atoms with Crippen LogP contribution in [0.1, 0.15) is 17.3 Å². The lowest BCUT2D eigenvalue weighted by Gasteiger charge is -2.06. The first-order chi connectivity index (χ1) is 9.56. The molecule has 0 aliphatic heterocycles. The first kappa shape index (κ1) is 13.7. The average molecular weight is 271 g/mol. The van der Waals surface area contributed by atoms with Gasteiger partial charge in [0, 0.05) is 17.8 Å². The van der Waals surface area contributed by atoms with Crippen molar-refractivity contribution in [3.63, 3.8) is 0 Å². The minimum Gasteiger partial charge on any atom is -0.425 e. The molecule has 5 heteroatoms. The Kier molecular flexibility index (Phi) is 4.10. The Hall–Kier alpha value is -2.69. The fourth-order valence-corrected chi connectivity index (χ4v) is 1.65. The van der Waals surface area contributed by atoms with Crippen molar-refractivity contribution in [2.24, 2.45) is 0 Å². The first-order valence-corrected chi connectivity index (χ1v) is 6.03. The van der Waals surface area contributed by atoms with E-state index in [0.717, 1.165) is 0 Å². The van der Waals surface area contributed by atoms with Gasteiger partial charge >= 0.3 is 5.97 Å². The standard InChI is InChI=1S/C15H13NO4/c1-11(17)12-5-7-13(8-6-12)20-15(19)10-16-9-3-2-4-14(16)18/h2-9H,10H2,1H3. The van der Waals surface area contributed by atoms with Gasteiger partial charge in [-0.2, -0.15) is 0 Å². The van der Waals surface area contributed by atoms with Crippen molar-refractivity contribution in [3.8, 4) is 5.75 Å². The maximum Gasteiger partial charge on any atom is 0.331 e. The number of esters is 1. The Balaban J connectivity index is 2.03. The molecule has 0 aliphatic rings. The van der Waals surface area contributed by atoms with E-state index >= 15 is 0 Å². The molecule has 1 heterocycles. The van der Waals surface area contributed by atoms with Gasteiger partial charge in [0.25, 0.3) is 5.56 Å². The molecular formula is C15H13NO4. The predicted octanol–water partition coefficient (Wildman–Crippen LogP) is 1.66. The summed E-state index contributed by atoms with van der Waals surface area (Å²) in [6, 6.07) is 10.9. The minimum atomic E-state index is -0.547. The van der Waals surface area contributed by atoms with Crippen LogP contribution >= 0.6 is 0 Å². The summed E-state index contributed by atoms with van der Waals surface area (Å²) in [5, 5.41) is 0. The van der Waals surface area contributed by atoms with Crippen LogP contribution in [0, 0.1) is 0 Å². The van der Waals surface area contributed by atoms with E-state index in [-0.39, 0.29) is 17.9 Å². The normalized spacial score (nSPS) is 10.1. The zero-order chi connectivity index (χ0) is 14.5. The van der Waals surface area contributed by atoms with Gasteiger partial charge in [0.15, 0.2) is 5.78 Å². The van der Waals surface area contributed by atoms with Crippen molar-refractivity contribution < 1.29 is 14.3 Å². The zero-order valence-electron chi connectivity index (χ0n) is 10.9. The summed E-state index contributed by atoms with van der Waals surface area (Å²) in [7, 11) is 0. The number of aromatic nitrogens is 1. The van der Waals surface area contributed by atoms with Gasteiger partial charge in [-0.15, -0.1) is 0 Å². The molecule has 0 spiro atoms. The third-order valence-electron chi connectivity index (χ3n) is 2.69. The van der Waals surface area contributed by atoms with Gasteiger partial charge in [0.2, 0.25) is 0 Å². The number of hydrogen-bond donors (Lipinski definition) is 0. The first-order valence-electron chi connectivity index (χ1n) is 6.03. The number of Topliss-reactive ketones (excluding diaryl/α,β-unsaturated/α-hetero) is 1. The monoisotopic (exact) mass is 271 g/mol. The highest BCUT2D eigenvalue weighted by atomic mass is 16.5. The molecule has 2 rings (SSSR count). The highest BCUT2D eigenvalue weighted by molar-refractivity contribution is 5.94. The summed E-state index contributed by atoms with van der Waals surface area (Å²) in [5.41, 5.74) is 0.278. The van der Waals surface area contributed by atoms with Crippen molar-refractivity contribution in [3.05, 3.63) is 64.6 Å². The summed E-state index contributed by atoms with van der Waals surface area (Å²) >= 11 is 0. The molecule has 0 unspecified atom stereocenters. The van der Waals surface area contributed by atoms with E-state index in [1.165, 1.54) is 23.8 Å². The number of carbonyl (C=O) groups is 2. The molecule has 1 aromatic carbocycles. The van der Waals surface area contributed by atoms with Crippen LogP contribution in [0.25, 0.3) is 0 Å². The molecule has 0 atom stereocenters. The van der Waals surface area contributed by atoms with Crippen molar-refractivity contribution >= 4 is 11.8 Å². The van der Waals surface area contributed by atoms with E-state index in [0.29, 0.717) is 11.3 Å². The van der Waals surface area contributed by atoms with Crippen molar-refractivity contribution in [1.82, 2.24) is 4.57 Å². The van der Waals surface area contributed by atoms with Crippen LogP contribution < -0.4 is 10.3 Å². The van der Waals surface area contributed by atoms with Gasteiger partial charge in [0.1, 0.15) is 12.3 Å². The molecule has 0 saturated carbocycles. The van der Waals surface area contributed by atoms with Crippen LogP contribution in [0.5, 0.6) is 5.75 Å². The van der Waals surface area contributed by atoms with E-state index in [1.807, 2.05) is 0 Å². The van der Waals surface area contributed by atoms with Gasteiger partial charge in [-0.3, -0.25) is 9.59 Å². The molecule has 0 N–H and O–H groups in total. The Labute approximate surface area is 115 Å². The number of nitrogens with zero attached hydrogens (tertiary/aromatic N) is 1. The Morgan fingerprint density at radius 2 is 1.80 bits per heavy atom. The van der Waals surface area contributed by atoms with Crippen LogP contribution in [0.4, 0.5) is 0 Å². The minimum absolute atomic E-state index is 0.0567. The predicted molar refractivity (Wildman–Crippen MR) is 72.8 cm³/mol. The lowest BCUT2D eigenvalue weighted by Crippen LogP contribution is -2.25. The molecule has 102 valence electrons. The number of ether oxygens (including phenoxy) is 1. The molecule has 0 fully saturated rings. The van der Waals surface area contributed by atoms with Gasteiger partial charge in [-0.05, 0) is 37.3 Å². The molecule has 0 saturated heterocycles. The number of carbonyl (C=O) groups excluding carboxylic acids is 2. The molecule has 0 aliphatic carbocycles. The van der Waals surface area contributed by atoms with Crippen molar-refractivity contribution in [2.45, 2.75) is 13.5 Å². The molecule has 0 bridgehead atoms. The summed E-state index contributed by atoms with van der Waals surface area (Å²) in [5.74, 6) is -0.267. The van der Waals surface area contributed by atoms with E-state index in [1.54, 1.807) is 36.4 Å². The fraction of sp³-hybridized carbons (Fsp3) is 0.133. The molecule has 0 amide bonds. The smallest absolute Gasteiger partial charge is 0.331 e. The quantitative estimate of drug-likeness (QED) is 0.482. The van der Waals surface area contributed by atoms with Crippen molar-refractivity contribution in [1.29, 1.82) is 0 Å². The van der Waals surface area contributed by atoms with Crippen LogP contribution in [-0.2, 0) is 11.3 Å². The molecule has 1 aromatic heterocycles. The zero-order valence-corrected chi connectivity index (χ0v) is 10.9. The molecule has 2 aromatic rings. The van der Waals surface area contributed by atoms with Crippen LogP contribution in [0.15, 0.2) is 53.5 Å². The number of rotatable bonds is 4. The second kappa shape index (κ2) is 5.97. The van der Waals surface area contributed by atoms with Crippen molar-refractivity contribution in [2.75, 3.05) is 0 Å². The number of hydrogen-bond acceptors (Lipinski definition) is 4. The van der Waals surface area contributed by atoms with Crippen LogP contribution in [0.3, 0.4) is 0 Å². The molecular weight excluding hydrogens is 258 g/mol. The summed E-state index contributed by atoms with van der Waals surface area (Å²) < 4.78 is 6.35. The highest BCUT2D eigenvalue weighted by Gasteiger charge is 2.07. The van der Waals surface area contributed by atoms with Gasteiger partial charge < -0.3 is 9.30 Å². The lowest BCUT2D eigenvalue weighted by molar-refractivity contribution is -0.135. The van der Waals surface area contributed by atoms with E-state index < -0.39 is 5.97 Å². The maximum atomic E-state index is 11.7. The van der Waals surface area contributed by atoms with Gasteiger partial charge in [-0.1, -0.05) is 6.07 Å². The summed E-state index contributed by atoms with van der Waals surface area (Å²) in [6.45, 7) is 1.30. The third kappa shape index (κ3) is 3.41. The Morgan fingerprint density at radius 1 is 1.10 bits per heavy atom. The van der Waals surface area contributed by atoms with E-state index in [4.69, 9.17) is 4.74 Å². The number of pyridine rings is 1. The maximum absolute atomic E-state index is 11.7. The second-order valence-electron chi connectivity index (χ2n) is 4.22. The average Bonchev–Trinajstić information content (AvgIpc) is 2.42. The van der Waals surface area contributed by atoms with Crippen LogP contribution in [0.2, 0.25) is 0 Å². The fourth-order valence-electron chi connectivity index (χ4n) is 1.65.